The molecule has 1 heterocycles. The Morgan fingerprint density at radius 1 is 1.14 bits per heavy atom. The lowest BCUT2D eigenvalue weighted by Gasteiger charge is -2.15. The average Bonchev–Trinajstić information content (AvgIpc) is 2.97. The molecule has 0 aliphatic heterocycles. The van der Waals surface area contributed by atoms with Crippen LogP contribution in [0.2, 0.25) is 0 Å². The van der Waals surface area contributed by atoms with Crippen LogP contribution in [0.5, 0.6) is 0 Å². The molecule has 2 aromatic carbocycles. The Morgan fingerprint density at radius 2 is 1.95 bits per heavy atom. The van der Waals surface area contributed by atoms with Crippen molar-refractivity contribution in [2.75, 3.05) is 11.9 Å². The molecule has 1 N–H and O–H groups in total. The van der Waals surface area contributed by atoms with E-state index in [1.165, 1.54) is 39.5 Å². The second kappa shape index (κ2) is 4.99. The summed E-state index contributed by atoms with van der Waals surface area (Å²) in [7, 11) is 0. The van der Waals surface area contributed by atoms with Crippen molar-refractivity contribution in [3.63, 3.8) is 0 Å². The standard InChI is InChI=1S/C18H17BrN2/c1-2-20-17-13-8-5-9-16(13)21-18-12-7-4-3-6-11(12)15(19)10-14(17)18/h3-4,6-7,10H,2,5,8-9H2,1H3,(H,20,21). The molecule has 1 aliphatic rings. The molecule has 0 radical (unpaired) electrons. The first kappa shape index (κ1) is 13.1. The molecule has 0 bridgehead atoms. The number of hydrogen-bond donors (Lipinski definition) is 1. The molecule has 1 aliphatic carbocycles. The van der Waals surface area contributed by atoms with Crippen molar-refractivity contribution < 1.29 is 0 Å². The zero-order chi connectivity index (χ0) is 14.4. The topological polar surface area (TPSA) is 24.9 Å². The summed E-state index contributed by atoms with van der Waals surface area (Å²) < 4.78 is 1.14. The van der Waals surface area contributed by atoms with Crippen LogP contribution in [0.1, 0.15) is 24.6 Å². The van der Waals surface area contributed by atoms with Crippen molar-refractivity contribution in [3.05, 3.63) is 46.1 Å². The van der Waals surface area contributed by atoms with Crippen LogP contribution in [-0.4, -0.2) is 11.5 Å². The van der Waals surface area contributed by atoms with Gasteiger partial charge >= 0.3 is 0 Å². The number of aromatic nitrogens is 1. The lowest BCUT2D eigenvalue weighted by Crippen LogP contribution is -2.04. The fourth-order valence-corrected chi connectivity index (χ4v) is 4.00. The highest BCUT2D eigenvalue weighted by molar-refractivity contribution is 9.10. The average molecular weight is 341 g/mol. The van der Waals surface area contributed by atoms with E-state index in [2.05, 4.69) is 58.5 Å². The van der Waals surface area contributed by atoms with Gasteiger partial charge in [-0.05, 0) is 43.2 Å². The summed E-state index contributed by atoms with van der Waals surface area (Å²) in [6.45, 7) is 3.10. The van der Waals surface area contributed by atoms with Gasteiger partial charge in [-0.15, -0.1) is 0 Å². The lowest BCUT2D eigenvalue weighted by molar-refractivity contribution is 0.901. The number of nitrogens with zero attached hydrogens (tertiary/aromatic N) is 1. The number of aryl methyl sites for hydroxylation is 1. The van der Waals surface area contributed by atoms with E-state index in [4.69, 9.17) is 4.98 Å². The molecule has 106 valence electrons. The van der Waals surface area contributed by atoms with Gasteiger partial charge in [-0.25, -0.2) is 0 Å². The van der Waals surface area contributed by atoms with Gasteiger partial charge in [-0.3, -0.25) is 4.98 Å². The number of pyridine rings is 1. The predicted octanol–water partition coefficient (Wildman–Crippen LogP) is 5.07. The van der Waals surface area contributed by atoms with Crippen molar-refractivity contribution >= 4 is 43.3 Å². The number of rotatable bonds is 2. The van der Waals surface area contributed by atoms with Crippen molar-refractivity contribution in [3.8, 4) is 0 Å². The largest absolute Gasteiger partial charge is 0.384 e. The summed E-state index contributed by atoms with van der Waals surface area (Å²) in [6, 6.07) is 10.7. The summed E-state index contributed by atoms with van der Waals surface area (Å²) >= 11 is 3.73. The normalized spacial score (nSPS) is 13.8. The fraction of sp³-hybridized carbons (Fsp3) is 0.278. The SMILES string of the molecule is CCNc1c2c(nc3c1cc(Br)c1ccccc13)CCC2. The third-order valence-corrected chi connectivity index (χ3v) is 4.98. The van der Waals surface area contributed by atoms with Gasteiger partial charge in [0.05, 0.1) is 5.52 Å². The number of benzene rings is 2. The summed E-state index contributed by atoms with van der Waals surface area (Å²) in [5.74, 6) is 0. The van der Waals surface area contributed by atoms with E-state index in [0.717, 1.165) is 29.4 Å². The summed E-state index contributed by atoms with van der Waals surface area (Å²) in [5.41, 5.74) is 5.13. The Balaban J connectivity index is 2.18. The van der Waals surface area contributed by atoms with Crippen LogP contribution < -0.4 is 5.32 Å². The van der Waals surface area contributed by atoms with E-state index in [-0.39, 0.29) is 0 Å². The van der Waals surface area contributed by atoms with Crippen LogP contribution in [0, 0.1) is 0 Å². The second-order valence-electron chi connectivity index (χ2n) is 5.60. The Kier molecular flexibility index (Phi) is 3.11. The number of fused-ring (bicyclic) bond motifs is 4. The van der Waals surface area contributed by atoms with Gasteiger partial charge in [-0.1, -0.05) is 40.2 Å². The monoisotopic (exact) mass is 340 g/mol. The van der Waals surface area contributed by atoms with Crippen molar-refractivity contribution in [1.29, 1.82) is 0 Å². The van der Waals surface area contributed by atoms with Gasteiger partial charge in [0.1, 0.15) is 0 Å². The van der Waals surface area contributed by atoms with E-state index in [0.29, 0.717) is 0 Å². The molecular formula is C18H17BrN2. The maximum absolute atomic E-state index is 5.01. The van der Waals surface area contributed by atoms with Gasteiger partial charge in [-0.2, -0.15) is 0 Å². The minimum atomic E-state index is 0.940. The van der Waals surface area contributed by atoms with Gasteiger partial charge in [0.25, 0.3) is 0 Å². The second-order valence-corrected chi connectivity index (χ2v) is 6.45. The predicted molar refractivity (Wildman–Crippen MR) is 93.1 cm³/mol. The van der Waals surface area contributed by atoms with E-state index in [1.54, 1.807) is 0 Å². The molecule has 0 spiro atoms. The van der Waals surface area contributed by atoms with Crippen LogP contribution >= 0.6 is 15.9 Å². The Hall–Kier alpha value is -1.61. The molecule has 21 heavy (non-hydrogen) atoms. The quantitative estimate of drug-likeness (QED) is 0.658. The molecule has 3 heteroatoms. The molecule has 0 fully saturated rings. The first-order valence-corrected chi connectivity index (χ1v) is 8.35. The molecule has 3 aromatic rings. The highest BCUT2D eigenvalue weighted by atomic mass is 79.9. The molecule has 0 unspecified atom stereocenters. The highest BCUT2D eigenvalue weighted by Gasteiger charge is 2.20. The van der Waals surface area contributed by atoms with Gasteiger partial charge in [0.15, 0.2) is 0 Å². The number of nitrogens with one attached hydrogen (secondary N) is 1. The number of halogens is 1. The van der Waals surface area contributed by atoms with Crippen molar-refractivity contribution in [2.24, 2.45) is 0 Å². The Labute approximate surface area is 132 Å². The van der Waals surface area contributed by atoms with Crippen molar-refractivity contribution in [2.45, 2.75) is 26.2 Å². The molecule has 1 aromatic heterocycles. The molecule has 0 amide bonds. The van der Waals surface area contributed by atoms with Crippen LogP contribution in [-0.2, 0) is 12.8 Å². The van der Waals surface area contributed by atoms with Crippen molar-refractivity contribution in [1.82, 2.24) is 4.98 Å². The van der Waals surface area contributed by atoms with Crippen LogP contribution in [0.25, 0.3) is 21.7 Å². The molecule has 2 nitrogen and oxygen atoms in total. The maximum atomic E-state index is 5.01. The third kappa shape index (κ3) is 1.95. The van der Waals surface area contributed by atoms with Crippen LogP contribution in [0.4, 0.5) is 5.69 Å². The first-order chi connectivity index (χ1) is 10.3. The van der Waals surface area contributed by atoms with Gasteiger partial charge < -0.3 is 5.32 Å². The fourth-order valence-electron chi connectivity index (χ4n) is 3.42. The lowest BCUT2D eigenvalue weighted by atomic mass is 10.0. The molecular weight excluding hydrogens is 324 g/mol. The van der Waals surface area contributed by atoms with E-state index in [1.807, 2.05) is 0 Å². The molecule has 4 rings (SSSR count). The molecule has 0 saturated carbocycles. The van der Waals surface area contributed by atoms with E-state index >= 15 is 0 Å². The van der Waals surface area contributed by atoms with Gasteiger partial charge in [0, 0.05) is 33.2 Å². The summed E-state index contributed by atoms with van der Waals surface area (Å²) in [5, 5.41) is 7.29. The summed E-state index contributed by atoms with van der Waals surface area (Å²) in [4.78, 5) is 5.01. The smallest absolute Gasteiger partial charge is 0.0805 e. The number of anilines is 1. The molecule has 0 saturated heterocycles. The Morgan fingerprint density at radius 3 is 2.76 bits per heavy atom. The zero-order valence-electron chi connectivity index (χ0n) is 12.0. The summed E-state index contributed by atoms with van der Waals surface area (Å²) in [6.07, 6.45) is 3.47. The van der Waals surface area contributed by atoms with Gasteiger partial charge in [0.2, 0.25) is 0 Å². The third-order valence-electron chi connectivity index (χ3n) is 4.33. The minimum Gasteiger partial charge on any atom is -0.384 e. The first-order valence-electron chi connectivity index (χ1n) is 7.56. The van der Waals surface area contributed by atoms with E-state index < -0.39 is 0 Å². The molecule has 0 atom stereocenters. The minimum absolute atomic E-state index is 0.940. The van der Waals surface area contributed by atoms with Crippen LogP contribution in [0.15, 0.2) is 34.8 Å². The zero-order valence-corrected chi connectivity index (χ0v) is 13.6. The van der Waals surface area contributed by atoms with E-state index in [9.17, 15) is 0 Å². The highest BCUT2D eigenvalue weighted by Crippen LogP contribution is 2.39. The Bertz CT molecular complexity index is 855. The number of hydrogen-bond acceptors (Lipinski definition) is 2. The maximum Gasteiger partial charge on any atom is 0.0805 e. The van der Waals surface area contributed by atoms with Crippen LogP contribution in [0.3, 0.4) is 0 Å².